The van der Waals surface area contributed by atoms with Crippen LogP contribution in [0.5, 0.6) is 0 Å². The van der Waals surface area contributed by atoms with E-state index in [1.165, 1.54) is 5.56 Å². The van der Waals surface area contributed by atoms with Gasteiger partial charge in [0.15, 0.2) is 0 Å². The topological polar surface area (TPSA) is 66.1 Å². The molecule has 1 aromatic carbocycles. The second kappa shape index (κ2) is 6.56. The Labute approximate surface area is 118 Å². The number of hydrogen-bond donors (Lipinski definition) is 3. The van der Waals surface area contributed by atoms with Crippen LogP contribution in [0.4, 0.5) is 17.2 Å². The van der Waals surface area contributed by atoms with Crippen molar-refractivity contribution in [3.05, 3.63) is 48.2 Å². The van der Waals surface area contributed by atoms with Crippen LogP contribution in [0.3, 0.4) is 0 Å². The summed E-state index contributed by atoms with van der Waals surface area (Å²) < 4.78 is 0. The SMILES string of the molecule is CCC(=O)NNc1ccc(Nc2ccc(C)cc2)nc1. The molecule has 0 unspecified atom stereocenters. The van der Waals surface area contributed by atoms with Gasteiger partial charge in [-0.05, 0) is 31.2 Å². The molecular weight excluding hydrogens is 252 g/mol. The Hall–Kier alpha value is -2.56. The zero-order chi connectivity index (χ0) is 14.4. The Morgan fingerprint density at radius 1 is 1.10 bits per heavy atom. The maximum atomic E-state index is 11.1. The fourth-order valence-corrected chi connectivity index (χ4v) is 1.56. The Morgan fingerprint density at radius 2 is 1.80 bits per heavy atom. The maximum absolute atomic E-state index is 11.1. The summed E-state index contributed by atoms with van der Waals surface area (Å²) in [5.41, 5.74) is 8.32. The van der Waals surface area contributed by atoms with E-state index in [1.54, 1.807) is 13.1 Å². The van der Waals surface area contributed by atoms with Crippen LogP contribution in [0.15, 0.2) is 42.6 Å². The molecule has 1 heterocycles. The molecule has 0 saturated carbocycles. The summed E-state index contributed by atoms with van der Waals surface area (Å²) in [5, 5.41) is 3.21. The summed E-state index contributed by atoms with van der Waals surface area (Å²) in [6.07, 6.45) is 2.10. The minimum Gasteiger partial charge on any atom is -0.340 e. The van der Waals surface area contributed by atoms with E-state index in [-0.39, 0.29) is 5.91 Å². The first-order valence-corrected chi connectivity index (χ1v) is 6.52. The summed E-state index contributed by atoms with van der Waals surface area (Å²) in [4.78, 5) is 15.4. The Kier molecular flexibility index (Phi) is 4.55. The zero-order valence-corrected chi connectivity index (χ0v) is 11.6. The smallest absolute Gasteiger partial charge is 0.238 e. The highest BCUT2D eigenvalue weighted by Gasteiger charge is 1.99. The molecule has 0 spiro atoms. The second-order valence-corrected chi connectivity index (χ2v) is 4.45. The van der Waals surface area contributed by atoms with Crippen LogP contribution < -0.4 is 16.2 Å². The molecule has 0 saturated heterocycles. The van der Waals surface area contributed by atoms with Gasteiger partial charge in [-0.3, -0.25) is 15.6 Å². The van der Waals surface area contributed by atoms with Gasteiger partial charge in [-0.25, -0.2) is 4.98 Å². The molecule has 0 aliphatic carbocycles. The molecule has 0 atom stereocenters. The van der Waals surface area contributed by atoms with Crippen molar-refractivity contribution in [3.63, 3.8) is 0 Å². The largest absolute Gasteiger partial charge is 0.340 e. The van der Waals surface area contributed by atoms with E-state index in [0.29, 0.717) is 6.42 Å². The minimum absolute atomic E-state index is 0.0631. The first kappa shape index (κ1) is 13.9. The number of pyridine rings is 1. The molecule has 5 heteroatoms. The van der Waals surface area contributed by atoms with Crippen molar-refractivity contribution in [3.8, 4) is 0 Å². The van der Waals surface area contributed by atoms with E-state index < -0.39 is 0 Å². The third-order valence-electron chi connectivity index (χ3n) is 2.75. The van der Waals surface area contributed by atoms with Gasteiger partial charge in [0, 0.05) is 12.1 Å². The average molecular weight is 270 g/mol. The molecule has 2 aromatic rings. The number of anilines is 3. The monoisotopic (exact) mass is 270 g/mol. The Balaban J connectivity index is 1.94. The van der Waals surface area contributed by atoms with Gasteiger partial charge in [0.05, 0.1) is 11.9 Å². The average Bonchev–Trinajstić information content (AvgIpc) is 2.48. The summed E-state index contributed by atoms with van der Waals surface area (Å²) >= 11 is 0. The maximum Gasteiger partial charge on any atom is 0.238 e. The normalized spacial score (nSPS) is 9.90. The summed E-state index contributed by atoms with van der Waals surface area (Å²) in [5.74, 6) is 0.688. The van der Waals surface area contributed by atoms with Gasteiger partial charge in [0.25, 0.3) is 0 Å². The number of nitrogens with one attached hydrogen (secondary N) is 3. The number of carbonyl (C=O) groups is 1. The fourth-order valence-electron chi connectivity index (χ4n) is 1.56. The van der Waals surface area contributed by atoms with E-state index in [9.17, 15) is 4.79 Å². The summed E-state index contributed by atoms with van der Waals surface area (Å²) in [7, 11) is 0. The van der Waals surface area contributed by atoms with Gasteiger partial charge in [-0.1, -0.05) is 24.6 Å². The summed E-state index contributed by atoms with van der Waals surface area (Å²) in [6, 6.07) is 11.8. The second-order valence-electron chi connectivity index (χ2n) is 4.45. The number of amides is 1. The lowest BCUT2D eigenvalue weighted by Crippen LogP contribution is -2.28. The predicted molar refractivity (Wildman–Crippen MR) is 80.8 cm³/mol. The van der Waals surface area contributed by atoms with Gasteiger partial charge < -0.3 is 5.32 Å². The zero-order valence-electron chi connectivity index (χ0n) is 11.6. The highest BCUT2D eigenvalue weighted by molar-refractivity contribution is 5.77. The molecule has 104 valence electrons. The lowest BCUT2D eigenvalue weighted by atomic mass is 10.2. The van der Waals surface area contributed by atoms with Crippen LogP contribution in [0.25, 0.3) is 0 Å². The van der Waals surface area contributed by atoms with Crippen molar-refractivity contribution >= 4 is 23.1 Å². The highest BCUT2D eigenvalue weighted by Crippen LogP contribution is 2.16. The quantitative estimate of drug-likeness (QED) is 0.731. The molecular formula is C15H18N4O. The van der Waals surface area contributed by atoms with Crippen molar-refractivity contribution in [1.29, 1.82) is 0 Å². The molecule has 0 fully saturated rings. The minimum atomic E-state index is -0.0631. The lowest BCUT2D eigenvalue weighted by Gasteiger charge is -2.09. The highest BCUT2D eigenvalue weighted by atomic mass is 16.2. The third-order valence-corrected chi connectivity index (χ3v) is 2.75. The summed E-state index contributed by atoms with van der Waals surface area (Å²) in [6.45, 7) is 3.84. The predicted octanol–water partition coefficient (Wildman–Crippen LogP) is 2.99. The molecule has 0 aliphatic rings. The molecule has 20 heavy (non-hydrogen) atoms. The van der Waals surface area contributed by atoms with Crippen LogP contribution in [-0.2, 0) is 4.79 Å². The molecule has 3 N–H and O–H groups in total. The van der Waals surface area contributed by atoms with Crippen molar-refractivity contribution in [2.75, 3.05) is 10.7 Å². The van der Waals surface area contributed by atoms with Crippen molar-refractivity contribution in [2.45, 2.75) is 20.3 Å². The van der Waals surface area contributed by atoms with Crippen LogP contribution in [0.2, 0.25) is 0 Å². The van der Waals surface area contributed by atoms with Crippen molar-refractivity contribution < 1.29 is 4.79 Å². The van der Waals surface area contributed by atoms with Gasteiger partial charge in [-0.2, -0.15) is 0 Å². The van der Waals surface area contributed by atoms with Crippen LogP contribution in [0.1, 0.15) is 18.9 Å². The molecule has 1 amide bonds. The standard InChI is InChI=1S/C15H18N4O/c1-3-15(20)19-18-13-8-9-14(16-10-13)17-12-6-4-11(2)5-7-12/h4-10,18H,3H2,1-2H3,(H,16,17)(H,19,20). The number of nitrogens with zero attached hydrogens (tertiary/aromatic N) is 1. The molecule has 1 aromatic heterocycles. The van der Waals surface area contributed by atoms with Crippen molar-refractivity contribution in [1.82, 2.24) is 10.4 Å². The Bertz CT molecular complexity index is 563. The Morgan fingerprint density at radius 3 is 2.40 bits per heavy atom. The molecule has 2 rings (SSSR count). The molecule has 5 nitrogen and oxygen atoms in total. The molecule has 0 bridgehead atoms. The van der Waals surface area contributed by atoms with E-state index in [2.05, 4.69) is 21.2 Å². The fraction of sp³-hybridized carbons (Fsp3) is 0.200. The van der Waals surface area contributed by atoms with Crippen molar-refractivity contribution in [2.24, 2.45) is 0 Å². The number of benzene rings is 1. The van der Waals surface area contributed by atoms with Gasteiger partial charge >= 0.3 is 0 Å². The van der Waals surface area contributed by atoms with Gasteiger partial charge in [0.1, 0.15) is 5.82 Å². The number of carbonyl (C=O) groups excluding carboxylic acids is 1. The number of hydrogen-bond acceptors (Lipinski definition) is 4. The van der Waals surface area contributed by atoms with Crippen LogP contribution >= 0.6 is 0 Å². The first-order valence-electron chi connectivity index (χ1n) is 6.52. The first-order chi connectivity index (χ1) is 9.67. The van der Waals surface area contributed by atoms with Gasteiger partial charge in [-0.15, -0.1) is 0 Å². The third kappa shape index (κ3) is 3.98. The van der Waals surface area contributed by atoms with Crippen LogP contribution in [-0.4, -0.2) is 10.9 Å². The van der Waals surface area contributed by atoms with E-state index in [4.69, 9.17) is 0 Å². The number of aromatic nitrogens is 1. The lowest BCUT2D eigenvalue weighted by molar-refractivity contribution is -0.120. The molecule has 0 aliphatic heterocycles. The van der Waals surface area contributed by atoms with E-state index >= 15 is 0 Å². The van der Waals surface area contributed by atoms with Crippen LogP contribution in [0, 0.1) is 6.92 Å². The van der Waals surface area contributed by atoms with E-state index in [0.717, 1.165) is 17.2 Å². The number of rotatable bonds is 5. The molecule has 0 radical (unpaired) electrons. The van der Waals surface area contributed by atoms with E-state index in [1.807, 2.05) is 43.3 Å². The number of aryl methyl sites for hydroxylation is 1. The van der Waals surface area contributed by atoms with Gasteiger partial charge in [0.2, 0.25) is 5.91 Å². The number of hydrazine groups is 1.